The molecule has 4 nitrogen and oxygen atoms in total. The number of nitrogens with zero attached hydrogens (tertiary/aromatic N) is 2. The van der Waals surface area contributed by atoms with Crippen LogP contribution < -0.4 is 5.01 Å². The van der Waals surface area contributed by atoms with Gasteiger partial charge in [0, 0.05) is 22.9 Å². The van der Waals surface area contributed by atoms with Crippen LogP contribution in [0.4, 0.5) is 18.9 Å². The quantitative estimate of drug-likeness (QED) is 0.170. The van der Waals surface area contributed by atoms with Crippen LogP contribution in [0.2, 0.25) is 0 Å². The molecule has 0 aromatic heterocycles. The van der Waals surface area contributed by atoms with E-state index in [0.717, 1.165) is 40.5 Å². The molecule has 2 aromatic carbocycles. The van der Waals surface area contributed by atoms with Crippen molar-refractivity contribution in [1.29, 1.82) is 0 Å². The highest BCUT2D eigenvalue weighted by Crippen LogP contribution is 2.30. The molecular formula is C25H31F3N2O2S. The number of alkyl halides is 3. The van der Waals surface area contributed by atoms with Gasteiger partial charge in [-0.15, -0.1) is 24.9 Å². The maximum absolute atomic E-state index is 12.8. The van der Waals surface area contributed by atoms with Crippen LogP contribution in [0.3, 0.4) is 0 Å². The Morgan fingerprint density at radius 2 is 1.82 bits per heavy atom. The van der Waals surface area contributed by atoms with Gasteiger partial charge in [-0.3, -0.25) is 9.80 Å². The van der Waals surface area contributed by atoms with Crippen molar-refractivity contribution in [2.75, 3.05) is 17.3 Å². The lowest BCUT2D eigenvalue weighted by molar-refractivity contribution is -0.138. The zero-order chi connectivity index (χ0) is 25.0. The molecular weight excluding hydrogens is 449 g/mol. The van der Waals surface area contributed by atoms with Gasteiger partial charge >= 0.3 is 12.1 Å². The predicted octanol–water partition coefficient (Wildman–Crippen LogP) is 7.16. The third-order valence-corrected chi connectivity index (χ3v) is 5.84. The van der Waals surface area contributed by atoms with Gasteiger partial charge in [0.1, 0.15) is 0 Å². The number of hydrogen-bond donors (Lipinski definition) is 1. The summed E-state index contributed by atoms with van der Waals surface area (Å²) < 4.78 is 38.3. The lowest BCUT2D eigenvalue weighted by Crippen LogP contribution is -2.19. The molecule has 2 rings (SSSR count). The van der Waals surface area contributed by atoms with Crippen molar-refractivity contribution in [3.63, 3.8) is 0 Å². The van der Waals surface area contributed by atoms with E-state index < -0.39 is 17.7 Å². The second-order valence-corrected chi connectivity index (χ2v) is 8.53. The molecule has 0 heterocycles. The van der Waals surface area contributed by atoms with E-state index in [9.17, 15) is 18.0 Å². The highest BCUT2D eigenvalue weighted by molar-refractivity contribution is 7.99. The Balaban J connectivity index is 0.00000265. The van der Waals surface area contributed by atoms with Gasteiger partial charge in [-0.05, 0) is 68.1 Å². The highest BCUT2D eigenvalue weighted by Gasteiger charge is 2.30. The molecule has 0 bridgehead atoms. The van der Waals surface area contributed by atoms with Gasteiger partial charge in [-0.1, -0.05) is 19.1 Å². The monoisotopic (exact) mass is 480 g/mol. The number of carboxylic acid groups (broad SMARTS) is 1. The summed E-state index contributed by atoms with van der Waals surface area (Å²) in [5.41, 5.74) is 1.62. The molecule has 0 saturated heterocycles. The van der Waals surface area contributed by atoms with Gasteiger partial charge in [0.05, 0.1) is 17.7 Å². The Morgan fingerprint density at radius 3 is 2.36 bits per heavy atom. The number of halogens is 3. The Morgan fingerprint density at radius 1 is 1.18 bits per heavy atom. The SMILES string of the molecule is C=C.CCN(/N=C(/C)CC(C)CSc1cccc(CC(=O)O)c1)c1ccc(C(F)(F)F)cc1. The van der Waals surface area contributed by atoms with Crippen LogP contribution in [0.1, 0.15) is 38.3 Å². The zero-order valence-electron chi connectivity index (χ0n) is 19.2. The fourth-order valence-electron chi connectivity index (χ4n) is 3.10. The molecule has 8 heteroatoms. The van der Waals surface area contributed by atoms with Crippen LogP contribution in [-0.2, 0) is 17.4 Å². The number of carbonyl (C=O) groups is 1. The van der Waals surface area contributed by atoms with Crippen molar-refractivity contribution < 1.29 is 23.1 Å². The maximum Gasteiger partial charge on any atom is 0.416 e. The molecule has 0 radical (unpaired) electrons. The normalized spacial score (nSPS) is 12.5. The standard InChI is InChI=1S/C23H27F3N2O2S.C2H4/c1-4-28(20-10-8-19(9-11-20)23(24,25)26)27-17(3)12-16(2)15-31-21-7-5-6-18(13-21)14-22(29)30;1-2/h5-11,13,16H,4,12,14-15H2,1-3H3,(H,29,30);1-2H2/b27-17-;. The summed E-state index contributed by atoms with van der Waals surface area (Å²) in [7, 11) is 0. The Hall–Kier alpha value is -2.74. The Kier molecular flexibility index (Phi) is 11.8. The number of benzene rings is 2. The van der Waals surface area contributed by atoms with Crippen LogP contribution in [0.25, 0.3) is 0 Å². The fourth-order valence-corrected chi connectivity index (χ4v) is 4.11. The lowest BCUT2D eigenvalue weighted by atomic mass is 10.1. The first kappa shape index (κ1) is 28.3. The highest BCUT2D eigenvalue weighted by atomic mass is 32.2. The first-order valence-electron chi connectivity index (χ1n) is 10.5. The van der Waals surface area contributed by atoms with E-state index >= 15 is 0 Å². The first-order chi connectivity index (χ1) is 15.6. The minimum Gasteiger partial charge on any atom is -0.481 e. The molecule has 33 heavy (non-hydrogen) atoms. The Labute approximate surface area is 198 Å². The molecule has 1 atom stereocenters. The number of aliphatic carboxylic acids is 1. The van der Waals surface area contributed by atoms with Gasteiger partial charge in [0.2, 0.25) is 0 Å². The smallest absolute Gasteiger partial charge is 0.416 e. The van der Waals surface area contributed by atoms with Crippen molar-refractivity contribution in [2.45, 2.75) is 44.7 Å². The number of carboxylic acids is 1. The first-order valence-corrected chi connectivity index (χ1v) is 11.5. The summed E-state index contributed by atoms with van der Waals surface area (Å²) in [6, 6.07) is 12.5. The van der Waals surface area contributed by atoms with Crippen molar-refractivity contribution >= 4 is 29.1 Å². The fraction of sp³-hybridized carbons (Fsp3) is 0.360. The van der Waals surface area contributed by atoms with E-state index in [1.807, 2.05) is 32.0 Å². The summed E-state index contributed by atoms with van der Waals surface area (Å²) >= 11 is 1.67. The van der Waals surface area contributed by atoms with Crippen LogP contribution >= 0.6 is 11.8 Å². The van der Waals surface area contributed by atoms with Crippen LogP contribution in [0, 0.1) is 5.92 Å². The zero-order valence-corrected chi connectivity index (χ0v) is 20.0. The van der Waals surface area contributed by atoms with Gasteiger partial charge < -0.3 is 5.11 Å². The molecule has 0 aliphatic rings. The van der Waals surface area contributed by atoms with E-state index in [2.05, 4.69) is 25.2 Å². The van der Waals surface area contributed by atoms with E-state index in [0.29, 0.717) is 18.2 Å². The molecule has 1 N–H and O–H groups in total. The van der Waals surface area contributed by atoms with Gasteiger partial charge in [0.25, 0.3) is 0 Å². The van der Waals surface area contributed by atoms with Gasteiger partial charge in [-0.2, -0.15) is 18.3 Å². The summed E-state index contributed by atoms with van der Waals surface area (Å²) in [5.74, 6) is 0.314. The van der Waals surface area contributed by atoms with Gasteiger partial charge in [-0.25, -0.2) is 0 Å². The molecule has 1 unspecified atom stereocenters. The van der Waals surface area contributed by atoms with E-state index in [-0.39, 0.29) is 6.42 Å². The predicted molar refractivity (Wildman–Crippen MR) is 131 cm³/mol. The van der Waals surface area contributed by atoms with Crippen LogP contribution in [-0.4, -0.2) is 29.1 Å². The molecule has 0 aliphatic carbocycles. The number of hydrazone groups is 1. The summed E-state index contributed by atoms with van der Waals surface area (Å²) in [6.07, 6.45) is -3.60. The lowest BCUT2D eigenvalue weighted by Gasteiger charge is -2.20. The minimum absolute atomic E-state index is 0.00647. The third kappa shape index (κ3) is 10.2. The largest absolute Gasteiger partial charge is 0.481 e. The van der Waals surface area contributed by atoms with Crippen molar-refractivity contribution in [1.82, 2.24) is 0 Å². The van der Waals surface area contributed by atoms with Crippen molar-refractivity contribution in [2.24, 2.45) is 11.0 Å². The van der Waals surface area contributed by atoms with Crippen molar-refractivity contribution in [3.8, 4) is 0 Å². The molecule has 2 aromatic rings. The third-order valence-electron chi connectivity index (χ3n) is 4.52. The van der Waals surface area contributed by atoms with Crippen molar-refractivity contribution in [3.05, 3.63) is 72.8 Å². The number of hydrogen-bond acceptors (Lipinski definition) is 4. The average Bonchev–Trinajstić information content (AvgIpc) is 2.77. The second kappa shape index (κ2) is 13.7. The van der Waals surface area contributed by atoms with Crippen LogP contribution in [0.15, 0.2) is 71.7 Å². The van der Waals surface area contributed by atoms with E-state index in [1.165, 1.54) is 12.1 Å². The molecule has 180 valence electrons. The average molecular weight is 481 g/mol. The number of rotatable bonds is 10. The van der Waals surface area contributed by atoms with Crippen LogP contribution in [0.5, 0.6) is 0 Å². The second-order valence-electron chi connectivity index (χ2n) is 7.43. The molecule has 0 spiro atoms. The number of thioether (sulfide) groups is 1. The van der Waals surface area contributed by atoms with Gasteiger partial charge in [0.15, 0.2) is 0 Å². The van der Waals surface area contributed by atoms with E-state index in [1.54, 1.807) is 22.8 Å². The molecule has 0 fully saturated rings. The summed E-state index contributed by atoms with van der Waals surface area (Å²) in [6.45, 7) is 12.5. The van der Waals surface area contributed by atoms with E-state index in [4.69, 9.17) is 5.11 Å². The summed E-state index contributed by atoms with van der Waals surface area (Å²) in [4.78, 5) is 11.9. The summed E-state index contributed by atoms with van der Waals surface area (Å²) in [5, 5.41) is 15.2. The number of anilines is 1. The topological polar surface area (TPSA) is 52.9 Å². The molecule has 0 amide bonds. The minimum atomic E-state index is -4.35. The molecule has 0 saturated carbocycles. The Bertz CT molecular complexity index is 915. The molecule has 0 aliphatic heterocycles. The maximum atomic E-state index is 12.8.